The second-order valence-corrected chi connectivity index (χ2v) is 4.44. The molecule has 0 aromatic heterocycles. The van der Waals surface area contributed by atoms with Crippen molar-refractivity contribution in [3.05, 3.63) is 0 Å². The molecule has 0 spiro atoms. The lowest BCUT2D eigenvalue weighted by Crippen LogP contribution is -2.40. The van der Waals surface area contributed by atoms with E-state index in [2.05, 4.69) is 19.2 Å². The minimum Gasteiger partial charge on any atom is -0.353 e. The highest BCUT2D eigenvalue weighted by molar-refractivity contribution is 5.78. The molecule has 1 unspecified atom stereocenters. The van der Waals surface area contributed by atoms with Crippen molar-refractivity contribution in [2.24, 2.45) is 17.6 Å². The molecule has 0 aliphatic heterocycles. The van der Waals surface area contributed by atoms with Crippen LogP contribution < -0.4 is 11.1 Å². The van der Waals surface area contributed by atoms with Gasteiger partial charge in [-0.05, 0) is 25.3 Å². The summed E-state index contributed by atoms with van der Waals surface area (Å²) in [7, 11) is 0. The predicted molar refractivity (Wildman–Crippen MR) is 59.9 cm³/mol. The van der Waals surface area contributed by atoms with Gasteiger partial charge in [0, 0.05) is 12.0 Å². The van der Waals surface area contributed by atoms with Gasteiger partial charge in [0.05, 0.1) is 0 Å². The fourth-order valence-electron chi connectivity index (χ4n) is 1.26. The minimum atomic E-state index is 0.0640. The van der Waals surface area contributed by atoms with Gasteiger partial charge in [0.15, 0.2) is 0 Å². The van der Waals surface area contributed by atoms with Gasteiger partial charge < -0.3 is 11.1 Å². The van der Waals surface area contributed by atoms with Crippen molar-refractivity contribution in [2.45, 2.75) is 46.6 Å². The summed E-state index contributed by atoms with van der Waals surface area (Å²) in [6.07, 6.45) is 1.95. The third-order valence-electron chi connectivity index (χ3n) is 2.38. The summed E-state index contributed by atoms with van der Waals surface area (Å²) in [6, 6.07) is 0.272. The molecule has 1 atom stereocenters. The molecule has 3 N–H and O–H groups in total. The molecule has 0 aromatic rings. The Morgan fingerprint density at radius 2 is 1.86 bits per heavy atom. The van der Waals surface area contributed by atoms with Crippen molar-refractivity contribution in [3.63, 3.8) is 0 Å². The van der Waals surface area contributed by atoms with E-state index in [1.807, 2.05) is 13.8 Å². The van der Waals surface area contributed by atoms with Crippen LogP contribution in [0.5, 0.6) is 0 Å². The fraction of sp³-hybridized carbons (Fsp3) is 0.909. The molecule has 3 nitrogen and oxygen atoms in total. The number of carbonyl (C=O) groups excluding carboxylic acids is 1. The van der Waals surface area contributed by atoms with Crippen molar-refractivity contribution in [1.29, 1.82) is 0 Å². The Labute approximate surface area is 87.4 Å². The highest BCUT2D eigenvalue weighted by Gasteiger charge is 2.16. The summed E-state index contributed by atoms with van der Waals surface area (Å²) in [4.78, 5) is 11.5. The first-order valence-corrected chi connectivity index (χ1v) is 5.49. The summed E-state index contributed by atoms with van der Waals surface area (Å²) in [6.45, 7) is 8.77. The molecule has 0 saturated heterocycles. The topological polar surface area (TPSA) is 55.1 Å². The second-order valence-electron chi connectivity index (χ2n) is 4.44. The summed E-state index contributed by atoms with van der Waals surface area (Å²) < 4.78 is 0. The van der Waals surface area contributed by atoms with Gasteiger partial charge in [-0.3, -0.25) is 4.79 Å². The molecule has 0 heterocycles. The highest BCUT2D eigenvalue weighted by atomic mass is 16.1. The van der Waals surface area contributed by atoms with Crippen LogP contribution in [0, 0.1) is 11.8 Å². The molecule has 3 heteroatoms. The zero-order valence-corrected chi connectivity index (χ0v) is 9.84. The fourth-order valence-corrected chi connectivity index (χ4v) is 1.26. The summed E-state index contributed by atoms with van der Waals surface area (Å²) >= 11 is 0. The molecule has 1 amide bonds. The Balaban J connectivity index is 4.02. The molecule has 0 saturated carbocycles. The van der Waals surface area contributed by atoms with Crippen LogP contribution in [0.3, 0.4) is 0 Å². The van der Waals surface area contributed by atoms with Crippen molar-refractivity contribution in [3.8, 4) is 0 Å². The first-order chi connectivity index (χ1) is 6.49. The highest BCUT2D eigenvalue weighted by Crippen LogP contribution is 2.09. The molecule has 84 valence electrons. The van der Waals surface area contributed by atoms with E-state index in [0.29, 0.717) is 12.5 Å². The minimum absolute atomic E-state index is 0.0640. The number of hydrogen-bond donors (Lipinski definition) is 2. The molecule has 0 rings (SSSR count). The van der Waals surface area contributed by atoms with Crippen LogP contribution >= 0.6 is 0 Å². The van der Waals surface area contributed by atoms with Crippen molar-refractivity contribution < 1.29 is 4.79 Å². The van der Waals surface area contributed by atoms with Crippen LogP contribution in [0.1, 0.15) is 40.5 Å². The van der Waals surface area contributed by atoms with E-state index in [-0.39, 0.29) is 17.9 Å². The van der Waals surface area contributed by atoms with Gasteiger partial charge in [0.2, 0.25) is 5.91 Å². The van der Waals surface area contributed by atoms with Gasteiger partial charge in [-0.1, -0.05) is 27.7 Å². The lowest BCUT2D eigenvalue weighted by molar-refractivity contribution is -0.125. The van der Waals surface area contributed by atoms with Crippen LogP contribution in [0.2, 0.25) is 0 Å². The maximum Gasteiger partial charge on any atom is 0.222 e. The average Bonchev–Trinajstić information content (AvgIpc) is 2.10. The normalized spacial score (nSPS) is 13.4. The Kier molecular flexibility index (Phi) is 6.54. The smallest absolute Gasteiger partial charge is 0.222 e. The van der Waals surface area contributed by atoms with E-state index in [4.69, 9.17) is 5.73 Å². The van der Waals surface area contributed by atoms with E-state index < -0.39 is 0 Å². The van der Waals surface area contributed by atoms with Gasteiger partial charge in [0.1, 0.15) is 0 Å². The van der Waals surface area contributed by atoms with Crippen molar-refractivity contribution in [2.75, 3.05) is 6.54 Å². The number of amides is 1. The summed E-state index contributed by atoms with van der Waals surface area (Å²) in [5.41, 5.74) is 5.45. The Morgan fingerprint density at radius 1 is 1.29 bits per heavy atom. The molecular weight excluding hydrogens is 176 g/mol. The molecule has 0 radical (unpaired) electrons. The largest absolute Gasteiger partial charge is 0.353 e. The predicted octanol–water partition coefficient (Wildman–Crippen LogP) is 1.52. The second kappa shape index (κ2) is 6.82. The lowest BCUT2D eigenvalue weighted by Gasteiger charge is -2.23. The number of nitrogens with one attached hydrogen (secondary N) is 1. The van der Waals surface area contributed by atoms with E-state index in [9.17, 15) is 4.79 Å². The summed E-state index contributed by atoms with van der Waals surface area (Å²) in [5, 5.41) is 3.06. The van der Waals surface area contributed by atoms with E-state index in [1.54, 1.807) is 0 Å². The standard InChI is InChI=1S/C11H24N2O/c1-8(2)10(6-5-7-12)13-11(14)9(3)4/h8-10H,5-7,12H2,1-4H3,(H,13,14). The lowest BCUT2D eigenvalue weighted by atomic mass is 9.98. The van der Waals surface area contributed by atoms with E-state index >= 15 is 0 Å². The van der Waals surface area contributed by atoms with Crippen LogP contribution in [-0.2, 0) is 4.79 Å². The molecule has 14 heavy (non-hydrogen) atoms. The third-order valence-corrected chi connectivity index (χ3v) is 2.38. The first kappa shape index (κ1) is 13.4. The van der Waals surface area contributed by atoms with Gasteiger partial charge in [-0.2, -0.15) is 0 Å². The Morgan fingerprint density at radius 3 is 2.21 bits per heavy atom. The van der Waals surface area contributed by atoms with Gasteiger partial charge in [-0.25, -0.2) is 0 Å². The molecular formula is C11H24N2O. The van der Waals surface area contributed by atoms with Crippen LogP contribution in [0.15, 0.2) is 0 Å². The molecule has 0 aliphatic carbocycles. The van der Waals surface area contributed by atoms with Crippen LogP contribution in [-0.4, -0.2) is 18.5 Å². The number of carbonyl (C=O) groups is 1. The maximum atomic E-state index is 11.5. The number of rotatable bonds is 6. The van der Waals surface area contributed by atoms with Gasteiger partial charge in [-0.15, -0.1) is 0 Å². The van der Waals surface area contributed by atoms with E-state index in [0.717, 1.165) is 12.8 Å². The zero-order chi connectivity index (χ0) is 11.1. The number of nitrogens with two attached hydrogens (primary N) is 1. The van der Waals surface area contributed by atoms with Gasteiger partial charge in [0.25, 0.3) is 0 Å². The van der Waals surface area contributed by atoms with Crippen molar-refractivity contribution in [1.82, 2.24) is 5.32 Å². The molecule has 0 aliphatic rings. The molecule has 0 fully saturated rings. The monoisotopic (exact) mass is 200 g/mol. The van der Waals surface area contributed by atoms with Crippen LogP contribution in [0.4, 0.5) is 0 Å². The van der Waals surface area contributed by atoms with Crippen LogP contribution in [0.25, 0.3) is 0 Å². The molecule has 0 aromatic carbocycles. The maximum absolute atomic E-state index is 11.5. The summed E-state index contributed by atoms with van der Waals surface area (Å²) in [5.74, 6) is 0.680. The average molecular weight is 200 g/mol. The quantitative estimate of drug-likeness (QED) is 0.683. The van der Waals surface area contributed by atoms with E-state index in [1.165, 1.54) is 0 Å². The Hall–Kier alpha value is -0.570. The SMILES string of the molecule is CC(C)C(=O)NC(CCCN)C(C)C. The molecule has 0 bridgehead atoms. The first-order valence-electron chi connectivity index (χ1n) is 5.49. The zero-order valence-electron chi connectivity index (χ0n) is 9.84. The van der Waals surface area contributed by atoms with Crippen molar-refractivity contribution >= 4 is 5.91 Å². The Bertz CT molecular complexity index is 167. The third kappa shape index (κ3) is 5.22. The number of hydrogen-bond acceptors (Lipinski definition) is 2. The van der Waals surface area contributed by atoms with Gasteiger partial charge >= 0.3 is 0 Å².